The van der Waals surface area contributed by atoms with Crippen LogP contribution in [0.2, 0.25) is 0 Å². The normalized spacial score (nSPS) is 10.4. The summed E-state index contributed by atoms with van der Waals surface area (Å²) in [7, 11) is 1.54. The summed E-state index contributed by atoms with van der Waals surface area (Å²) in [6.07, 6.45) is 0. The summed E-state index contributed by atoms with van der Waals surface area (Å²) in [5.74, 6) is 0.333. The van der Waals surface area contributed by atoms with E-state index in [4.69, 9.17) is 9.47 Å². The summed E-state index contributed by atoms with van der Waals surface area (Å²) >= 11 is 0. The van der Waals surface area contributed by atoms with Crippen molar-refractivity contribution in [3.8, 4) is 11.5 Å². The van der Waals surface area contributed by atoms with Crippen molar-refractivity contribution in [2.45, 2.75) is 13.8 Å². The summed E-state index contributed by atoms with van der Waals surface area (Å²) in [5, 5.41) is 7.34. The molecule has 0 aliphatic heterocycles. The number of hydrogen-bond donors (Lipinski definition) is 2. The Hall–Kier alpha value is -3.54. The molecule has 0 spiro atoms. The maximum atomic E-state index is 12.7. The minimum Gasteiger partial charge on any atom is -0.495 e. The van der Waals surface area contributed by atoms with Gasteiger partial charge in [0.05, 0.1) is 31.5 Å². The maximum Gasteiger partial charge on any atom is 0.255 e. The number of anilines is 1. The fourth-order valence-corrected chi connectivity index (χ4v) is 3.04. The second-order valence-corrected chi connectivity index (χ2v) is 6.56. The lowest BCUT2D eigenvalue weighted by Crippen LogP contribution is -2.33. The van der Waals surface area contributed by atoms with Crippen LogP contribution in [-0.2, 0) is 4.79 Å². The summed E-state index contributed by atoms with van der Waals surface area (Å²) in [6.45, 7) is 4.05. The van der Waals surface area contributed by atoms with Gasteiger partial charge in [0.15, 0.2) is 0 Å². The van der Waals surface area contributed by atoms with Gasteiger partial charge in [0.25, 0.3) is 5.91 Å². The van der Waals surface area contributed by atoms with Crippen molar-refractivity contribution in [1.82, 2.24) is 5.32 Å². The number of benzene rings is 3. The number of carbonyl (C=O) groups excluding carboxylic acids is 2. The number of carbonyl (C=O) groups is 2. The van der Waals surface area contributed by atoms with E-state index in [1.165, 1.54) is 7.11 Å². The molecule has 6 heteroatoms. The Morgan fingerprint density at radius 2 is 1.69 bits per heavy atom. The van der Waals surface area contributed by atoms with Gasteiger partial charge in [-0.25, -0.2) is 0 Å². The van der Waals surface area contributed by atoms with Crippen LogP contribution in [0.3, 0.4) is 0 Å². The molecule has 2 amide bonds. The first-order chi connectivity index (χ1) is 14.0. The number of hydrogen-bond acceptors (Lipinski definition) is 4. The van der Waals surface area contributed by atoms with Gasteiger partial charge in [0, 0.05) is 0 Å². The largest absolute Gasteiger partial charge is 0.495 e. The molecule has 150 valence electrons. The third kappa shape index (κ3) is 4.85. The molecule has 3 rings (SSSR count). The third-order valence-corrected chi connectivity index (χ3v) is 4.43. The van der Waals surface area contributed by atoms with Crippen molar-refractivity contribution < 1.29 is 19.1 Å². The molecule has 0 saturated heterocycles. The molecule has 29 heavy (non-hydrogen) atoms. The molecule has 0 bridgehead atoms. The molecule has 2 N–H and O–H groups in total. The highest BCUT2D eigenvalue weighted by atomic mass is 16.5. The maximum absolute atomic E-state index is 12.7. The van der Waals surface area contributed by atoms with E-state index in [1.807, 2.05) is 56.3 Å². The van der Waals surface area contributed by atoms with Crippen LogP contribution in [0.5, 0.6) is 11.5 Å². The van der Waals surface area contributed by atoms with Gasteiger partial charge in [-0.05, 0) is 54.4 Å². The molecule has 6 nitrogen and oxygen atoms in total. The van der Waals surface area contributed by atoms with Gasteiger partial charge in [-0.2, -0.15) is 0 Å². The smallest absolute Gasteiger partial charge is 0.255 e. The topological polar surface area (TPSA) is 76.7 Å². The van der Waals surface area contributed by atoms with E-state index in [1.54, 1.807) is 12.1 Å². The highest BCUT2D eigenvalue weighted by molar-refractivity contribution is 6.04. The Labute approximate surface area is 169 Å². The van der Waals surface area contributed by atoms with Crippen molar-refractivity contribution in [2.24, 2.45) is 0 Å². The van der Waals surface area contributed by atoms with Crippen LogP contribution in [0, 0.1) is 6.92 Å². The van der Waals surface area contributed by atoms with Crippen molar-refractivity contribution in [2.75, 3.05) is 25.6 Å². The van der Waals surface area contributed by atoms with Crippen LogP contribution in [0.1, 0.15) is 22.8 Å². The first-order valence-corrected chi connectivity index (χ1v) is 9.40. The molecule has 0 aliphatic carbocycles. The lowest BCUT2D eigenvalue weighted by Gasteiger charge is -2.13. The number of amides is 2. The standard InChI is InChI=1S/C23H24N2O4/c1-4-29-21-13-17-8-6-5-7-16(17)12-18(21)23(27)24-14-22(26)25-19-11-15(2)9-10-20(19)28-3/h5-13H,4,14H2,1-3H3,(H,24,27)(H,25,26). The number of nitrogens with one attached hydrogen (secondary N) is 2. The Balaban J connectivity index is 1.72. The van der Waals surface area contributed by atoms with Crippen LogP contribution in [0.15, 0.2) is 54.6 Å². The van der Waals surface area contributed by atoms with E-state index < -0.39 is 0 Å². The molecular formula is C23H24N2O4. The molecule has 0 heterocycles. The number of methoxy groups -OCH3 is 1. The van der Waals surface area contributed by atoms with Gasteiger partial charge in [-0.15, -0.1) is 0 Å². The zero-order chi connectivity index (χ0) is 20.8. The summed E-state index contributed by atoms with van der Waals surface area (Å²) in [5.41, 5.74) is 1.95. The van der Waals surface area contributed by atoms with Gasteiger partial charge < -0.3 is 20.1 Å². The SMILES string of the molecule is CCOc1cc2ccccc2cc1C(=O)NCC(=O)Nc1cc(C)ccc1OC. The molecule has 0 aliphatic rings. The Morgan fingerprint density at radius 1 is 0.966 bits per heavy atom. The van der Waals surface area contributed by atoms with Crippen LogP contribution in [0.25, 0.3) is 10.8 Å². The van der Waals surface area contributed by atoms with Crippen molar-refractivity contribution in [3.63, 3.8) is 0 Å². The first kappa shape index (κ1) is 20.2. The molecule has 0 atom stereocenters. The van der Waals surface area contributed by atoms with Gasteiger partial charge in [0.1, 0.15) is 11.5 Å². The van der Waals surface area contributed by atoms with Crippen molar-refractivity contribution in [1.29, 1.82) is 0 Å². The van der Waals surface area contributed by atoms with Gasteiger partial charge >= 0.3 is 0 Å². The third-order valence-electron chi connectivity index (χ3n) is 4.43. The molecule has 0 aromatic heterocycles. The van der Waals surface area contributed by atoms with E-state index >= 15 is 0 Å². The van der Waals surface area contributed by atoms with E-state index in [-0.39, 0.29) is 18.4 Å². The summed E-state index contributed by atoms with van der Waals surface area (Å²) in [6, 6.07) is 16.8. The Bertz CT molecular complexity index is 1050. The predicted octanol–water partition coefficient (Wildman–Crippen LogP) is 3.92. The van der Waals surface area contributed by atoms with E-state index in [9.17, 15) is 9.59 Å². The van der Waals surface area contributed by atoms with Crippen molar-refractivity contribution in [3.05, 3.63) is 65.7 Å². The predicted molar refractivity (Wildman–Crippen MR) is 114 cm³/mol. The fraction of sp³-hybridized carbons (Fsp3) is 0.217. The van der Waals surface area contributed by atoms with Crippen LogP contribution in [0.4, 0.5) is 5.69 Å². The fourth-order valence-electron chi connectivity index (χ4n) is 3.04. The number of aryl methyl sites for hydroxylation is 1. The molecule has 0 radical (unpaired) electrons. The van der Waals surface area contributed by atoms with Gasteiger partial charge in [-0.3, -0.25) is 9.59 Å². The van der Waals surface area contributed by atoms with Crippen LogP contribution >= 0.6 is 0 Å². The molecule has 0 fully saturated rings. The lowest BCUT2D eigenvalue weighted by molar-refractivity contribution is -0.115. The highest BCUT2D eigenvalue weighted by Gasteiger charge is 2.16. The molecule has 3 aromatic rings. The lowest BCUT2D eigenvalue weighted by atomic mass is 10.1. The molecule has 3 aromatic carbocycles. The first-order valence-electron chi connectivity index (χ1n) is 9.40. The highest BCUT2D eigenvalue weighted by Crippen LogP contribution is 2.27. The number of rotatable bonds is 7. The minimum absolute atomic E-state index is 0.172. The second kappa shape index (κ2) is 9.10. The van der Waals surface area contributed by atoms with Gasteiger partial charge in [-0.1, -0.05) is 30.3 Å². The van der Waals surface area contributed by atoms with Crippen LogP contribution in [-0.4, -0.2) is 32.1 Å². The number of ether oxygens (including phenoxy) is 2. The van der Waals surface area contributed by atoms with E-state index in [0.29, 0.717) is 29.4 Å². The van der Waals surface area contributed by atoms with Crippen molar-refractivity contribution >= 4 is 28.3 Å². The zero-order valence-corrected chi connectivity index (χ0v) is 16.7. The molecule has 0 unspecified atom stereocenters. The van der Waals surface area contributed by atoms with E-state index in [2.05, 4.69) is 10.6 Å². The van der Waals surface area contributed by atoms with Crippen LogP contribution < -0.4 is 20.1 Å². The summed E-state index contributed by atoms with van der Waals surface area (Å²) < 4.78 is 10.9. The average Bonchev–Trinajstić information content (AvgIpc) is 2.72. The molecule has 0 saturated carbocycles. The number of fused-ring (bicyclic) bond motifs is 1. The zero-order valence-electron chi connectivity index (χ0n) is 16.7. The van der Waals surface area contributed by atoms with E-state index in [0.717, 1.165) is 16.3 Å². The quantitative estimate of drug-likeness (QED) is 0.639. The Morgan fingerprint density at radius 3 is 2.38 bits per heavy atom. The second-order valence-electron chi connectivity index (χ2n) is 6.56. The Kier molecular flexibility index (Phi) is 6.34. The average molecular weight is 392 g/mol. The van der Waals surface area contributed by atoms with Gasteiger partial charge in [0.2, 0.25) is 5.91 Å². The molecular weight excluding hydrogens is 368 g/mol. The summed E-state index contributed by atoms with van der Waals surface area (Å²) in [4.78, 5) is 25.1. The monoisotopic (exact) mass is 392 g/mol. The minimum atomic E-state index is -0.370.